The van der Waals surface area contributed by atoms with Crippen molar-refractivity contribution in [2.45, 2.75) is 6.18 Å². The number of alkyl halides is 3. The normalized spacial score (nSPS) is 11.5. The number of nitrogens with zero attached hydrogens (tertiary/aromatic N) is 1. The van der Waals surface area contributed by atoms with Gasteiger partial charge in [-0.2, -0.15) is 13.2 Å². The van der Waals surface area contributed by atoms with Gasteiger partial charge in [0.25, 0.3) is 5.69 Å². The van der Waals surface area contributed by atoms with E-state index in [1.807, 2.05) is 0 Å². The summed E-state index contributed by atoms with van der Waals surface area (Å²) in [5.41, 5.74) is -1.94. The molecule has 0 bridgehead atoms. The molecule has 0 aliphatic carbocycles. The van der Waals surface area contributed by atoms with Gasteiger partial charge in [0.1, 0.15) is 10.2 Å². The van der Waals surface area contributed by atoms with E-state index in [0.717, 1.165) is 0 Å². The molecular weight excluding hydrogens is 283 g/mol. The summed E-state index contributed by atoms with van der Waals surface area (Å²) in [6.07, 6.45) is -4.75. The highest BCUT2D eigenvalue weighted by molar-refractivity contribution is 9.10. The SMILES string of the molecule is O=[N+]([O-])c1ccc(C(F)(F)F)c(O)c1Br. The van der Waals surface area contributed by atoms with Crippen molar-refractivity contribution in [2.75, 3.05) is 0 Å². The summed E-state index contributed by atoms with van der Waals surface area (Å²) in [5.74, 6) is -1.18. The summed E-state index contributed by atoms with van der Waals surface area (Å²) in [6.45, 7) is 0. The standard InChI is InChI=1S/C7H3BrF3NO3/c8-5-4(12(14)15)2-1-3(6(5)13)7(9,10)11/h1-2,13H. The van der Waals surface area contributed by atoms with Crippen molar-refractivity contribution >= 4 is 21.6 Å². The van der Waals surface area contributed by atoms with Crippen LogP contribution in [-0.4, -0.2) is 10.0 Å². The molecular formula is C7H3BrF3NO3. The Bertz CT molecular complexity index is 419. The average molecular weight is 286 g/mol. The maximum atomic E-state index is 12.2. The molecule has 0 amide bonds. The monoisotopic (exact) mass is 285 g/mol. The fraction of sp³-hybridized carbons (Fsp3) is 0.143. The first-order valence-corrected chi connectivity index (χ1v) is 4.27. The highest BCUT2D eigenvalue weighted by atomic mass is 79.9. The van der Waals surface area contributed by atoms with Gasteiger partial charge < -0.3 is 5.11 Å². The van der Waals surface area contributed by atoms with Crippen LogP contribution in [0.2, 0.25) is 0 Å². The van der Waals surface area contributed by atoms with E-state index in [0.29, 0.717) is 12.1 Å². The summed E-state index contributed by atoms with van der Waals surface area (Å²) in [5, 5.41) is 19.4. The molecule has 1 N–H and O–H groups in total. The number of nitro groups is 1. The van der Waals surface area contributed by atoms with Gasteiger partial charge in [0.05, 0.1) is 10.5 Å². The zero-order valence-corrected chi connectivity index (χ0v) is 8.46. The first-order chi connectivity index (χ1) is 6.75. The molecule has 0 aliphatic rings. The molecule has 0 saturated carbocycles. The van der Waals surface area contributed by atoms with Crippen LogP contribution in [0.5, 0.6) is 5.75 Å². The third-order valence-corrected chi connectivity index (χ3v) is 2.38. The van der Waals surface area contributed by atoms with E-state index in [2.05, 4.69) is 15.9 Å². The Morgan fingerprint density at radius 2 is 1.93 bits per heavy atom. The lowest BCUT2D eigenvalue weighted by atomic mass is 10.2. The van der Waals surface area contributed by atoms with Crippen molar-refractivity contribution < 1.29 is 23.2 Å². The Kier molecular flexibility index (Phi) is 2.89. The molecule has 0 heterocycles. The summed E-state index contributed by atoms with van der Waals surface area (Å²) >= 11 is 2.53. The largest absolute Gasteiger partial charge is 0.506 e. The van der Waals surface area contributed by atoms with Gasteiger partial charge in [0.2, 0.25) is 0 Å². The van der Waals surface area contributed by atoms with E-state index in [1.54, 1.807) is 0 Å². The predicted octanol–water partition coefficient (Wildman–Crippen LogP) is 3.08. The van der Waals surface area contributed by atoms with Crippen LogP contribution in [-0.2, 0) is 6.18 Å². The van der Waals surface area contributed by atoms with E-state index in [4.69, 9.17) is 5.11 Å². The molecule has 0 aliphatic heterocycles. The molecule has 15 heavy (non-hydrogen) atoms. The Morgan fingerprint density at radius 3 is 2.33 bits per heavy atom. The topological polar surface area (TPSA) is 63.4 Å². The number of rotatable bonds is 1. The Labute approximate surface area is 89.6 Å². The number of halogens is 4. The molecule has 1 aromatic carbocycles. The van der Waals surface area contributed by atoms with E-state index >= 15 is 0 Å². The first-order valence-electron chi connectivity index (χ1n) is 3.48. The van der Waals surface area contributed by atoms with Crippen LogP contribution in [0, 0.1) is 10.1 Å². The third-order valence-electron chi connectivity index (χ3n) is 1.60. The number of hydrogen-bond donors (Lipinski definition) is 1. The van der Waals surface area contributed by atoms with Crippen LogP contribution >= 0.6 is 15.9 Å². The van der Waals surface area contributed by atoms with Crippen LogP contribution < -0.4 is 0 Å². The third kappa shape index (κ3) is 2.20. The molecule has 4 nitrogen and oxygen atoms in total. The lowest BCUT2D eigenvalue weighted by Gasteiger charge is -2.09. The zero-order chi connectivity index (χ0) is 11.8. The molecule has 1 aromatic rings. The van der Waals surface area contributed by atoms with Gasteiger partial charge in [-0.15, -0.1) is 0 Å². The second kappa shape index (κ2) is 3.69. The number of phenols is 1. The highest BCUT2D eigenvalue weighted by Crippen LogP contribution is 2.43. The van der Waals surface area contributed by atoms with Crippen LogP contribution in [0.3, 0.4) is 0 Å². The summed E-state index contributed by atoms with van der Waals surface area (Å²) in [4.78, 5) is 9.42. The average Bonchev–Trinajstić information content (AvgIpc) is 2.06. The van der Waals surface area contributed by atoms with Gasteiger partial charge >= 0.3 is 6.18 Å². The fourth-order valence-electron chi connectivity index (χ4n) is 0.924. The lowest BCUT2D eigenvalue weighted by molar-refractivity contribution is -0.385. The molecule has 0 radical (unpaired) electrons. The second-order valence-electron chi connectivity index (χ2n) is 2.55. The Hall–Kier alpha value is -1.31. The van der Waals surface area contributed by atoms with Gasteiger partial charge in [-0.1, -0.05) is 0 Å². The Morgan fingerprint density at radius 1 is 1.40 bits per heavy atom. The van der Waals surface area contributed by atoms with Gasteiger partial charge in [-0.3, -0.25) is 10.1 Å². The van der Waals surface area contributed by atoms with Crippen molar-refractivity contribution in [3.05, 3.63) is 32.3 Å². The van der Waals surface area contributed by atoms with E-state index < -0.39 is 32.6 Å². The van der Waals surface area contributed by atoms with Gasteiger partial charge in [-0.25, -0.2) is 0 Å². The Balaban J connectivity index is 3.41. The second-order valence-corrected chi connectivity index (χ2v) is 3.34. The highest BCUT2D eigenvalue weighted by Gasteiger charge is 2.36. The fourth-order valence-corrected chi connectivity index (χ4v) is 1.41. The molecule has 1 rings (SSSR count). The maximum absolute atomic E-state index is 12.2. The van der Waals surface area contributed by atoms with Crippen LogP contribution in [0.15, 0.2) is 16.6 Å². The molecule has 0 aromatic heterocycles. The van der Waals surface area contributed by atoms with E-state index in [9.17, 15) is 23.3 Å². The van der Waals surface area contributed by atoms with Crippen LogP contribution in [0.4, 0.5) is 18.9 Å². The quantitative estimate of drug-likeness (QED) is 0.637. The van der Waals surface area contributed by atoms with Crippen LogP contribution in [0.25, 0.3) is 0 Å². The summed E-state index contributed by atoms with van der Waals surface area (Å²) in [6, 6.07) is 1.13. The van der Waals surface area contributed by atoms with Gasteiger partial charge in [0.15, 0.2) is 0 Å². The summed E-state index contributed by atoms with van der Waals surface area (Å²) in [7, 11) is 0. The maximum Gasteiger partial charge on any atom is 0.420 e. The van der Waals surface area contributed by atoms with Crippen molar-refractivity contribution in [3.8, 4) is 5.75 Å². The molecule has 0 atom stereocenters. The minimum Gasteiger partial charge on any atom is -0.506 e. The minimum absolute atomic E-state index is 0.457. The zero-order valence-electron chi connectivity index (χ0n) is 6.88. The van der Waals surface area contributed by atoms with Gasteiger partial charge in [-0.05, 0) is 22.0 Å². The van der Waals surface area contributed by atoms with Crippen molar-refractivity contribution in [1.82, 2.24) is 0 Å². The smallest absolute Gasteiger partial charge is 0.420 e. The van der Waals surface area contributed by atoms with E-state index in [-0.39, 0.29) is 0 Å². The lowest BCUT2D eigenvalue weighted by Crippen LogP contribution is -2.06. The molecule has 0 unspecified atom stereocenters. The minimum atomic E-state index is -4.75. The predicted molar refractivity (Wildman–Crippen MR) is 47.5 cm³/mol. The first kappa shape index (κ1) is 11.8. The number of aromatic hydroxyl groups is 1. The molecule has 0 fully saturated rings. The van der Waals surface area contributed by atoms with Crippen molar-refractivity contribution in [2.24, 2.45) is 0 Å². The van der Waals surface area contributed by atoms with E-state index in [1.165, 1.54) is 0 Å². The molecule has 8 heteroatoms. The summed E-state index contributed by atoms with van der Waals surface area (Å²) < 4.78 is 36.1. The number of nitro benzene ring substituents is 1. The number of hydrogen-bond acceptors (Lipinski definition) is 3. The van der Waals surface area contributed by atoms with Crippen LogP contribution in [0.1, 0.15) is 5.56 Å². The molecule has 0 saturated heterocycles. The van der Waals surface area contributed by atoms with Crippen molar-refractivity contribution in [3.63, 3.8) is 0 Å². The number of benzene rings is 1. The van der Waals surface area contributed by atoms with Crippen molar-refractivity contribution in [1.29, 1.82) is 0 Å². The molecule has 0 spiro atoms. The van der Waals surface area contributed by atoms with Gasteiger partial charge in [0, 0.05) is 6.07 Å². The number of phenolic OH excluding ortho intramolecular Hbond substituents is 1. The molecule has 82 valence electrons.